The largest absolute Gasteiger partial charge is 0.326 e. The minimum atomic E-state index is -3.61. The summed E-state index contributed by atoms with van der Waals surface area (Å²) in [5.41, 5.74) is 6.08. The Kier molecular flexibility index (Phi) is 5.14. The van der Waals surface area contributed by atoms with Gasteiger partial charge in [-0.15, -0.1) is 23.1 Å². The van der Waals surface area contributed by atoms with Gasteiger partial charge in [0.1, 0.15) is 4.90 Å². The van der Waals surface area contributed by atoms with Gasteiger partial charge in [0.15, 0.2) is 0 Å². The molecule has 108 valence electrons. The fourth-order valence-corrected chi connectivity index (χ4v) is 5.65. The van der Waals surface area contributed by atoms with E-state index in [2.05, 4.69) is 20.7 Å². The number of hydrogen-bond acceptors (Lipinski definition) is 5. The van der Waals surface area contributed by atoms with Crippen LogP contribution in [0.1, 0.15) is 4.88 Å². The third kappa shape index (κ3) is 3.56. The average Bonchev–Trinajstić information content (AvgIpc) is 2.80. The summed E-state index contributed by atoms with van der Waals surface area (Å²) in [7, 11) is -3.61. The first-order valence-corrected chi connectivity index (χ1v) is 9.93. The summed E-state index contributed by atoms with van der Waals surface area (Å²) in [6.45, 7) is 0.320. The normalized spacial score (nSPS) is 11.6. The van der Waals surface area contributed by atoms with Crippen LogP contribution in [0.2, 0.25) is 0 Å². The number of rotatable bonds is 5. The van der Waals surface area contributed by atoms with Crippen molar-refractivity contribution in [2.75, 3.05) is 11.0 Å². The predicted octanol–water partition coefficient (Wildman–Crippen LogP) is 3.49. The van der Waals surface area contributed by atoms with Crippen LogP contribution in [0.25, 0.3) is 0 Å². The van der Waals surface area contributed by atoms with Gasteiger partial charge in [0, 0.05) is 22.0 Å². The Morgan fingerprint density at radius 2 is 2.15 bits per heavy atom. The van der Waals surface area contributed by atoms with Crippen LogP contribution in [0.15, 0.2) is 43.9 Å². The summed E-state index contributed by atoms with van der Waals surface area (Å²) in [5, 5.41) is 0. The van der Waals surface area contributed by atoms with E-state index in [0.717, 1.165) is 9.77 Å². The molecule has 3 N–H and O–H groups in total. The van der Waals surface area contributed by atoms with E-state index in [4.69, 9.17) is 5.73 Å². The third-order valence-corrected chi connectivity index (χ3v) is 6.90. The minimum absolute atomic E-state index is 0.220. The van der Waals surface area contributed by atoms with Crippen molar-refractivity contribution >= 4 is 54.7 Å². The minimum Gasteiger partial charge on any atom is -0.326 e. The predicted molar refractivity (Wildman–Crippen MR) is 88.9 cm³/mol. The Bertz CT molecular complexity index is 713. The Hall–Kier alpha value is -0.540. The smallest absolute Gasteiger partial charge is 0.263 e. The second-order valence-electron chi connectivity index (χ2n) is 3.89. The van der Waals surface area contributed by atoms with Crippen molar-refractivity contribution < 1.29 is 8.42 Å². The molecule has 8 heteroatoms. The summed E-state index contributed by atoms with van der Waals surface area (Å²) in [6, 6.07) is 8.86. The summed E-state index contributed by atoms with van der Waals surface area (Å²) in [4.78, 5) is 2.03. The Labute approximate surface area is 134 Å². The van der Waals surface area contributed by atoms with Crippen molar-refractivity contribution in [3.8, 4) is 0 Å². The van der Waals surface area contributed by atoms with E-state index in [1.54, 1.807) is 30.0 Å². The van der Waals surface area contributed by atoms with Gasteiger partial charge in [0.05, 0.1) is 3.79 Å². The Morgan fingerprint density at radius 3 is 2.75 bits per heavy atom. The number of nitrogens with one attached hydrogen (secondary N) is 1. The fourth-order valence-electron chi connectivity index (χ4n) is 1.58. The molecular weight excluding hydrogens is 380 g/mol. The van der Waals surface area contributed by atoms with Gasteiger partial charge < -0.3 is 5.73 Å². The number of hydrogen-bond donors (Lipinski definition) is 2. The summed E-state index contributed by atoms with van der Waals surface area (Å²) in [5.74, 6) is 0. The topological polar surface area (TPSA) is 72.2 Å². The highest BCUT2D eigenvalue weighted by atomic mass is 79.9. The Balaban J connectivity index is 2.32. The number of thioether (sulfide) groups is 1. The number of anilines is 1. The van der Waals surface area contributed by atoms with Crippen LogP contribution in [0.4, 0.5) is 5.69 Å². The number of sulfonamides is 1. The Morgan fingerprint density at radius 1 is 1.40 bits per heavy atom. The van der Waals surface area contributed by atoms with Crippen molar-refractivity contribution in [3.63, 3.8) is 0 Å². The first-order chi connectivity index (χ1) is 9.46. The molecule has 0 aliphatic rings. The SMILES string of the molecule is CSc1cccc(NS(=O)(=O)c2cc(CN)sc2Br)c1. The molecule has 0 amide bonds. The molecule has 0 saturated heterocycles. The summed E-state index contributed by atoms with van der Waals surface area (Å²) in [6.07, 6.45) is 1.94. The van der Waals surface area contributed by atoms with Gasteiger partial charge in [0.25, 0.3) is 10.0 Å². The summed E-state index contributed by atoms with van der Waals surface area (Å²) < 4.78 is 27.9. The van der Waals surface area contributed by atoms with Crippen LogP contribution >= 0.6 is 39.0 Å². The molecule has 2 rings (SSSR count). The quantitative estimate of drug-likeness (QED) is 0.763. The highest BCUT2D eigenvalue weighted by molar-refractivity contribution is 9.11. The van der Waals surface area contributed by atoms with E-state index >= 15 is 0 Å². The molecule has 1 aromatic heterocycles. The molecule has 0 bridgehead atoms. The molecule has 2 aromatic rings. The molecule has 1 aromatic carbocycles. The monoisotopic (exact) mass is 392 g/mol. The van der Waals surface area contributed by atoms with Crippen LogP contribution in [-0.4, -0.2) is 14.7 Å². The zero-order chi connectivity index (χ0) is 14.8. The van der Waals surface area contributed by atoms with E-state index in [9.17, 15) is 8.42 Å². The van der Waals surface area contributed by atoms with Crippen LogP contribution in [0, 0.1) is 0 Å². The van der Waals surface area contributed by atoms with Crippen molar-refractivity contribution in [2.24, 2.45) is 5.73 Å². The lowest BCUT2D eigenvalue weighted by Crippen LogP contribution is -2.12. The van der Waals surface area contributed by atoms with E-state index < -0.39 is 10.0 Å². The van der Waals surface area contributed by atoms with Crippen LogP contribution in [-0.2, 0) is 16.6 Å². The van der Waals surface area contributed by atoms with E-state index in [1.807, 2.05) is 18.4 Å². The van der Waals surface area contributed by atoms with E-state index in [0.29, 0.717) is 16.0 Å². The lowest BCUT2D eigenvalue weighted by molar-refractivity contribution is 0.601. The molecule has 0 radical (unpaired) electrons. The van der Waals surface area contributed by atoms with Gasteiger partial charge in [-0.25, -0.2) is 8.42 Å². The number of nitrogens with two attached hydrogens (primary N) is 1. The van der Waals surface area contributed by atoms with Gasteiger partial charge in [0.2, 0.25) is 0 Å². The molecular formula is C12H13BrN2O2S3. The van der Waals surface area contributed by atoms with Crippen molar-refractivity contribution in [3.05, 3.63) is 39.0 Å². The van der Waals surface area contributed by atoms with Crippen LogP contribution in [0.5, 0.6) is 0 Å². The van der Waals surface area contributed by atoms with Gasteiger partial charge in [-0.3, -0.25) is 4.72 Å². The third-order valence-electron chi connectivity index (χ3n) is 2.52. The molecule has 0 spiro atoms. The summed E-state index contributed by atoms with van der Waals surface area (Å²) >= 11 is 6.16. The molecule has 20 heavy (non-hydrogen) atoms. The molecule has 4 nitrogen and oxygen atoms in total. The molecule has 1 heterocycles. The molecule has 0 unspecified atom stereocenters. The lowest BCUT2D eigenvalue weighted by atomic mass is 10.3. The highest BCUT2D eigenvalue weighted by Gasteiger charge is 2.20. The molecule has 0 atom stereocenters. The maximum absolute atomic E-state index is 12.4. The second-order valence-corrected chi connectivity index (χ2v) is 8.88. The average molecular weight is 393 g/mol. The van der Waals surface area contributed by atoms with Gasteiger partial charge in [-0.1, -0.05) is 6.07 Å². The first-order valence-electron chi connectivity index (χ1n) is 5.61. The van der Waals surface area contributed by atoms with Gasteiger partial charge in [-0.05, 0) is 46.5 Å². The first kappa shape index (κ1) is 15.8. The fraction of sp³-hybridized carbons (Fsp3) is 0.167. The van der Waals surface area contributed by atoms with Gasteiger partial charge in [-0.2, -0.15) is 0 Å². The van der Waals surface area contributed by atoms with E-state index in [1.165, 1.54) is 11.3 Å². The van der Waals surface area contributed by atoms with Crippen molar-refractivity contribution in [1.82, 2.24) is 0 Å². The standard InChI is InChI=1S/C12H13BrN2O2S3/c1-18-9-4-2-3-8(5-9)15-20(16,17)11-6-10(7-14)19-12(11)13/h2-6,15H,7,14H2,1H3. The maximum atomic E-state index is 12.4. The molecule has 0 saturated carbocycles. The van der Waals surface area contributed by atoms with Crippen molar-refractivity contribution in [1.29, 1.82) is 0 Å². The second kappa shape index (κ2) is 6.48. The zero-order valence-corrected chi connectivity index (χ0v) is 14.6. The van der Waals surface area contributed by atoms with E-state index in [-0.39, 0.29) is 4.90 Å². The molecule has 0 aliphatic heterocycles. The number of halogens is 1. The molecule has 0 fully saturated rings. The highest BCUT2D eigenvalue weighted by Crippen LogP contribution is 2.32. The van der Waals surface area contributed by atoms with Crippen LogP contribution in [0.3, 0.4) is 0 Å². The molecule has 0 aliphatic carbocycles. The lowest BCUT2D eigenvalue weighted by Gasteiger charge is -2.08. The number of thiophene rings is 1. The zero-order valence-electron chi connectivity index (χ0n) is 10.6. The van der Waals surface area contributed by atoms with Crippen LogP contribution < -0.4 is 10.5 Å². The number of benzene rings is 1. The van der Waals surface area contributed by atoms with Crippen molar-refractivity contribution in [2.45, 2.75) is 16.3 Å². The maximum Gasteiger partial charge on any atom is 0.263 e. The van der Waals surface area contributed by atoms with Gasteiger partial charge >= 0.3 is 0 Å².